The molecule has 0 radical (unpaired) electrons. The molecule has 1 N–H and O–H groups in total. The standard InChI is InChI=1S/C12H24O2/c1-3-4-5-6-11(13)7-8-12-10(2)9-14-12/h10-13H,3-9H2,1-2H3. The Bertz CT molecular complexity index is 147. The molecule has 1 aliphatic rings. The van der Waals surface area contributed by atoms with Gasteiger partial charge in [-0.15, -0.1) is 0 Å². The third kappa shape index (κ3) is 3.97. The van der Waals surface area contributed by atoms with Crippen LogP contribution in [0.1, 0.15) is 52.4 Å². The smallest absolute Gasteiger partial charge is 0.0623 e. The summed E-state index contributed by atoms with van der Waals surface area (Å²) in [6.45, 7) is 5.32. The lowest BCUT2D eigenvalue weighted by molar-refractivity contribution is -0.113. The molecule has 0 spiro atoms. The molecule has 0 saturated carbocycles. The highest BCUT2D eigenvalue weighted by molar-refractivity contribution is 4.75. The molecular formula is C12H24O2. The first kappa shape index (κ1) is 12.0. The van der Waals surface area contributed by atoms with Crippen LogP contribution in [0, 0.1) is 5.92 Å². The summed E-state index contributed by atoms with van der Waals surface area (Å²) in [5, 5.41) is 9.68. The molecule has 0 aromatic rings. The number of aliphatic hydroxyl groups is 1. The Hall–Kier alpha value is -0.0800. The fourth-order valence-electron chi connectivity index (χ4n) is 1.92. The maximum Gasteiger partial charge on any atom is 0.0623 e. The Balaban J connectivity index is 1.94. The highest BCUT2D eigenvalue weighted by Gasteiger charge is 2.27. The molecule has 0 bridgehead atoms. The van der Waals surface area contributed by atoms with E-state index in [0.717, 1.165) is 25.9 Å². The lowest BCUT2D eigenvalue weighted by atomic mass is 9.94. The third-order valence-corrected chi connectivity index (χ3v) is 3.13. The van der Waals surface area contributed by atoms with Crippen LogP contribution in [-0.2, 0) is 4.74 Å². The minimum atomic E-state index is -0.0991. The van der Waals surface area contributed by atoms with Gasteiger partial charge < -0.3 is 9.84 Å². The number of aliphatic hydroxyl groups excluding tert-OH is 1. The zero-order valence-electron chi connectivity index (χ0n) is 9.54. The zero-order chi connectivity index (χ0) is 10.4. The van der Waals surface area contributed by atoms with Gasteiger partial charge >= 0.3 is 0 Å². The summed E-state index contributed by atoms with van der Waals surface area (Å²) in [5.41, 5.74) is 0. The van der Waals surface area contributed by atoms with Crippen molar-refractivity contribution in [3.63, 3.8) is 0 Å². The maximum absolute atomic E-state index is 9.68. The van der Waals surface area contributed by atoms with Crippen LogP contribution in [0.5, 0.6) is 0 Å². The number of hydrogen-bond acceptors (Lipinski definition) is 2. The predicted molar refractivity (Wildman–Crippen MR) is 58.3 cm³/mol. The van der Waals surface area contributed by atoms with Crippen LogP contribution >= 0.6 is 0 Å². The zero-order valence-corrected chi connectivity index (χ0v) is 9.54. The first-order valence-electron chi connectivity index (χ1n) is 6.03. The lowest BCUT2D eigenvalue weighted by Crippen LogP contribution is -2.37. The largest absolute Gasteiger partial charge is 0.393 e. The van der Waals surface area contributed by atoms with Gasteiger partial charge in [-0.05, 0) is 19.3 Å². The van der Waals surface area contributed by atoms with Crippen molar-refractivity contribution in [1.29, 1.82) is 0 Å². The summed E-state index contributed by atoms with van der Waals surface area (Å²) in [7, 11) is 0. The second-order valence-electron chi connectivity index (χ2n) is 4.58. The molecule has 1 heterocycles. The number of hydrogen-bond donors (Lipinski definition) is 1. The molecule has 0 amide bonds. The highest BCUT2D eigenvalue weighted by Crippen LogP contribution is 2.24. The van der Waals surface area contributed by atoms with Gasteiger partial charge in [-0.2, -0.15) is 0 Å². The summed E-state index contributed by atoms with van der Waals surface area (Å²) in [4.78, 5) is 0. The van der Waals surface area contributed by atoms with E-state index in [0.29, 0.717) is 12.0 Å². The number of rotatable bonds is 7. The Morgan fingerprint density at radius 1 is 1.36 bits per heavy atom. The molecule has 1 saturated heterocycles. The molecule has 84 valence electrons. The second kappa shape index (κ2) is 6.41. The van der Waals surface area contributed by atoms with Crippen LogP contribution in [0.4, 0.5) is 0 Å². The monoisotopic (exact) mass is 200 g/mol. The fraction of sp³-hybridized carbons (Fsp3) is 1.00. The van der Waals surface area contributed by atoms with Crippen molar-refractivity contribution in [3.05, 3.63) is 0 Å². The van der Waals surface area contributed by atoms with Crippen LogP contribution in [0.2, 0.25) is 0 Å². The Morgan fingerprint density at radius 2 is 2.14 bits per heavy atom. The molecule has 2 nitrogen and oxygen atoms in total. The summed E-state index contributed by atoms with van der Waals surface area (Å²) >= 11 is 0. The Morgan fingerprint density at radius 3 is 2.64 bits per heavy atom. The van der Waals surface area contributed by atoms with Crippen molar-refractivity contribution in [3.8, 4) is 0 Å². The topological polar surface area (TPSA) is 29.5 Å². The van der Waals surface area contributed by atoms with Gasteiger partial charge in [0.05, 0.1) is 18.8 Å². The van der Waals surface area contributed by atoms with E-state index in [2.05, 4.69) is 13.8 Å². The average Bonchev–Trinajstić information content (AvgIpc) is 2.16. The third-order valence-electron chi connectivity index (χ3n) is 3.13. The Labute approximate surface area is 87.7 Å². The van der Waals surface area contributed by atoms with E-state index in [-0.39, 0.29) is 6.10 Å². The number of ether oxygens (including phenoxy) is 1. The molecule has 1 aliphatic heterocycles. The predicted octanol–water partition coefficient (Wildman–Crippen LogP) is 2.74. The molecule has 1 rings (SSSR count). The highest BCUT2D eigenvalue weighted by atomic mass is 16.5. The molecule has 3 unspecified atom stereocenters. The van der Waals surface area contributed by atoms with Gasteiger partial charge in [-0.3, -0.25) is 0 Å². The molecule has 14 heavy (non-hydrogen) atoms. The van der Waals surface area contributed by atoms with E-state index in [1.165, 1.54) is 19.3 Å². The minimum absolute atomic E-state index is 0.0991. The van der Waals surface area contributed by atoms with Crippen LogP contribution in [0.15, 0.2) is 0 Å². The van der Waals surface area contributed by atoms with Crippen LogP contribution < -0.4 is 0 Å². The Kier molecular flexibility index (Phi) is 5.49. The van der Waals surface area contributed by atoms with E-state index in [4.69, 9.17) is 4.74 Å². The van der Waals surface area contributed by atoms with E-state index >= 15 is 0 Å². The van der Waals surface area contributed by atoms with E-state index in [9.17, 15) is 5.11 Å². The summed E-state index contributed by atoms with van der Waals surface area (Å²) in [6.07, 6.45) is 6.89. The van der Waals surface area contributed by atoms with Crippen LogP contribution in [0.25, 0.3) is 0 Å². The lowest BCUT2D eigenvalue weighted by Gasteiger charge is -2.34. The minimum Gasteiger partial charge on any atom is -0.393 e. The summed E-state index contributed by atoms with van der Waals surface area (Å²) < 4.78 is 5.41. The molecule has 0 aromatic carbocycles. The van der Waals surface area contributed by atoms with Crippen molar-refractivity contribution < 1.29 is 9.84 Å². The number of unbranched alkanes of at least 4 members (excludes halogenated alkanes) is 2. The second-order valence-corrected chi connectivity index (χ2v) is 4.58. The van der Waals surface area contributed by atoms with Gasteiger partial charge in [0.15, 0.2) is 0 Å². The van der Waals surface area contributed by atoms with Gasteiger partial charge in [0.1, 0.15) is 0 Å². The van der Waals surface area contributed by atoms with Gasteiger partial charge in [-0.25, -0.2) is 0 Å². The first-order chi connectivity index (χ1) is 6.74. The molecule has 0 aromatic heterocycles. The van der Waals surface area contributed by atoms with E-state index in [1.807, 2.05) is 0 Å². The maximum atomic E-state index is 9.68. The average molecular weight is 200 g/mol. The van der Waals surface area contributed by atoms with Crippen molar-refractivity contribution in [2.24, 2.45) is 5.92 Å². The van der Waals surface area contributed by atoms with Crippen LogP contribution in [0.3, 0.4) is 0 Å². The SMILES string of the molecule is CCCCCC(O)CCC1OCC1C. The summed E-state index contributed by atoms with van der Waals surface area (Å²) in [6, 6.07) is 0. The summed E-state index contributed by atoms with van der Waals surface area (Å²) in [5.74, 6) is 0.706. The molecule has 1 fully saturated rings. The molecule has 3 atom stereocenters. The van der Waals surface area contributed by atoms with Gasteiger partial charge in [-0.1, -0.05) is 33.1 Å². The first-order valence-corrected chi connectivity index (χ1v) is 6.03. The van der Waals surface area contributed by atoms with Crippen molar-refractivity contribution in [1.82, 2.24) is 0 Å². The van der Waals surface area contributed by atoms with E-state index < -0.39 is 0 Å². The normalized spacial score (nSPS) is 28.5. The van der Waals surface area contributed by atoms with Gasteiger partial charge in [0.2, 0.25) is 0 Å². The van der Waals surface area contributed by atoms with Crippen LogP contribution in [-0.4, -0.2) is 23.9 Å². The van der Waals surface area contributed by atoms with Crippen molar-refractivity contribution >= 4 is 0 Å². The molecular weight excluding hydrogens is 176 g/mol. The molecule has 2 heteroatoms. The van der Waals surface area contributed by atoms with Crippen molar-refractivity contribution in [2.75, 3.05) is 6.61 Å². The quantitative estimate of drug-likeness (QED) is 0.640. The van der Waals surface area contributed by atoms with Gasteiger partial charge in [0.25, 0.3) is 0 Å². The van der Waals surface area contributed by atoms with Crippen molar-refractivity contribution in [2.45, 2.75) is 64.6 Å². The molecule has 0 aliphatic carbocycles. The van der Waals surface area contributed by atoms with Gasteiger partial charge in [0, 0.05) is 5.92 Å². The van der Waals surface area contributed by atoms with E-state index in [1.54, 1.807) is 0 Å². The fourth-order valence-corrected chi connectivity index (χ4v) is 1.92.